The van der Waals surface area contributed by atoms with E-state index in [0.717, 1.165) is 21.5 Å². The van der Waals surface area contributed by atoms with Gasteiger partial charge >= 0.3 is 0 Å². The van der Waals surface area contributed by atoms with Gasteiger partial charge in [0.1, 0.15) is 5.03 Å². The highest BCUT2D eigenvalue weighted by atomic mass is 32.2. The van der Waals surface area contributed by atoms with Gasteiger partial charge < -0.3 is 5.73 Å². The van der Waals surface area contributed by atoms with Crippen molar-refractivity contribution >= 4 is 27.8 Å². The number of thioether (sulfide) groups is 1. The van der Waals surface area contributed by atoms with Crippen molar-refractivity contribution in [1.29, 1.82) is 5.41 Å². The number of amidine groups is 1. The van der Waals surface area contributed by atoms with Crippen LogP contribution in [0.15, 0.2) is 35.4 Å². The summed E-state index contributed by atoms with van der Waals surface area (Å²) in [6.45, 7) is 2.04. The van der Waals surface area contributed by atoms with Gasteiger partial charge in [0, 0.05) is 5.39 Å². The number of fused-ring (bicyclic) bond motifs is 1. The Labute approximate surface area is 92.2 Å². The van der Waals surface area contributed by atoms with E-state index in [-0.39, 0.29) is 5.17 Å². The van der Waals surface area contributed by atoms with Crippen LogP contribution in [0.5, 0.6) is 0 Å². The molecular weight excluding hydrogens is 206 g/mol. The Morgan fingerprint density at radius 2 is 2.13 bits per heavy atom. The third kappa shape index (κ3) is 2.10. The topological polar surface area (TPSA) is 62.8 Å². The van der Waals surface area contributed by atoms with Gasteiger partial charge in [0.15, 0.2) is 5.17 Å². The maximum Gasteiger partial charge on any atom is 0.157 e. The average molecular weight is 217 g/mol. The maximum atomic E-state index is 7.21. The fourth-order valence-electron chi connectivity index (χ4n) is 1.48. The first-order valence-corrected chi connectivity index (χ1v) is 5.37. The predicted octanol–water partition coefficient (Wildman–Crippen LogP) is 2.53. The first kappa shape index (κ1) is 9.98. The van der Waals surface area contributed by atoms with Crippen molar-refractivity contribution in [1.82, 2.24) is 4.98 Å². The van der Waals surface area contributed by atoms with Crippen LogP contribution in [-0.2, 0) is 0 Å². The number of aryl methyl sites for hydroxylation is 1. The van der Waals surface area contributed by atoms with Crippen molar-refractivity contribution in [3.05, 3.63) is 35.9 Å². The molecule has 2 rings (SSSR count). The van der Waals surface area contributed by atoms with Crippen LogP contribution in [-0.4, -0.2) is 10.2 Å². The molecule has 0 aliphatic heterocycles. The van der Waals surface area contributed by atoms with Gasteiger partial charge in [-0.25, -0.2) is 4.98 Å². The minimum absolute atomic E-state index is 0.0668. The molecule has 0 saturated carbocycles. The van der Waals surface area contributed by atoms with Crippen LogP contribution in [0.4, 0.5) is 0 Å². The predicted molar refractivity (Wildman–Crippen MR) is 64.3 cm³/mol. The molecule has 1 heterocycles. The van der Waals surface area contributed by atoms with Gasteiger partial charge in [-0.3, -0.25) is 5.41 Å². The highest BCUT2D eigenvalue weighted by molar-refractivity contribution is 8.13. The Balaban J connectivity index is 2.57. The second kappa shape index (κ2) is 3.90. The first-order valence-electron chi connectivity index (χ1n) is 4.55. The second-order valence-electron chi connectivity index (χ2n) is 3.26. The smallest absolute Gasteiger partial charge is 0.157 e. The molecule has 0 aliphatic carbocycles. The summed E-state index contributed by atoms with van der Waals surface area (Å²) in [7, 11) is 0. The molecule has 3 nitrogen and oxygen atoms in total. The lowest BCUT2D eigenvalue weighted by Crippen LogP contribution is -2.03. The molecule has 0 atom stereocenters. The van der Waals surface area contributed by atoms with E-state index in [4.69, 9.17) is 11.1 Å². The van der Waals surface area contributed by atoms with E-state index in [1.54, 1.807) is 0 Å². The number of para-hydroxylation sites is 1. The highest BCUT2D eigenvalue weighted by Crippen LogP contribution is 2.22. The van der Waals surface area contributed by atoms with Crippen LogP contribution >= 0.6 is 11.8 Å². The standard InChI is InChI=1S/C11H11N3S/c1-7-6-10(15-11(12)13)14-9-5-3-2-4-8(7)9/h2-6H,1H3,(H3,12,13). The fourth-order valence-corrected chi connectivity index (χ4v) is 2.09. The monoisotopic (exact) mass is 217 g/mol. The lowest BCUT2D eigenvalue weighted by molar-refractivity contribution is 1.17. The minimum atomic E-state index is 0.0668. The molecule has 0 bridgehead atoms. The van der Waals surface area contributed by atoms with Crippen LogP contribution in [0, 0.1) is 12.3 Å². The number of hydrogen-bond donors (Lipinski definition) is 2. The van der Waals surface area contributed by atoms with Gasteiger partial charge in [-0.15, -0.1) is 0 Å². The molecule has 0 unspecified atom stereocenters. The molecule has 0 fully saturated rings. The summed E-state index contributed by atoms with van der Waals surface area (Å²) in [5.41, 5.74) is 7.43. The largest absolute Gasteiger partial charge is 0.378 e. The average Bonchev–Trinajstić information content (AvgIpc) is 2.16. The third-order valence-electron chi connectivity index (χ3n) is 2.11. The zero-order chi connectivity index (χ0) is 10.8. The summed E-state index contributed by atoms with van der Waals surface area (Å²) in [6, 6.07) is 9.91. The summed E-state index contributed by atoms with van der Waals surface area (Å²) in [5.74, 6) is 0. The minimum Gasteiger partial charge on any atom is -0.378 e. The summed E-state index contributed by atoms with van der Waals surface area (Å²) < 4.78 is 0. The number of benzene rings is 1. The Hall–Kier alpha value is -1.55. The van der Waals surface area contributed by atoms with Crippen molar-refractivity contribution in [2.24, 2.45) is 5.73 Å². The zero-order valence-electron chi connectivity index (χ0n) is 8.32. The molecular formula is C11H11N3S. The molecule has 1 aromatic heterocycles. The molecule has 0 amide bonds. The Kier molecular flexibility index (Phi) is 2.60. The molecule has 0 saturated heterocycles. The van der Waals surface area contributed by atoms with Crippen molar-refractivity contribution in [2.45, 2.75) is 11.9 Å². The number of nitrogens with two attached hydrogens (primary N) is 1. The van der Waals surface area contributed by atoms with Crippen LogP contribution in [0.2, 0.25) is 0 Å². The molecule has 3 N–H and O–H groups in total. The van der Waals surface area contributed by atoms with E-state index in [1.165, 1.54) is 11.8 Å². The molecule has 4 heteroatoms. The van der Waals surface area contributed by atoms with E-state index in [2.05, 4.69) is 4.98 Å². The lowest BCUT2D eigenvalue weighted by Gasteiger charge is -2.04. The van der Waals surface area contributed by atoms with Crippen LogP contribution in [0.3, 0.4) is 0 Å². The number of nitrogens with zero attached hydrogens (tertiary/aromatic N) is 1. The number of aromatic nitrogens is 1. The quantitative estimate of drug-likeness (QED) is 0.438. The molecule has 2 aromatic rings. The normalized spacial score (nSPS) is 10.5. The van der Waals surface area contributed by atoms with Crippen LogP contribution < -0.4 is 5.73 Å². The number of rotatable bonds is 1. The molecule has 1 aromatic carbocycles. The van der Waals surface area contributed by atoms with Crippen molar-refractivity contribution in [3.63, 3.8) is 0 Å². The number of hydrogen-bond acceptors (Lipinski definition) is 3. The molecule has 0 spiro atoms. The zero-order valence-corrected chi connectivity index (χ0v) is 9.14. The maximum absolute atomic E-state index is 7.21. The van der Waals surface area contributed by atoms with Crippen LogP contribution in [0.1, 0.15) is 5.56 Å². The van der Waals surface area contributed by atoms with E-state index >= 15 is 0 Å². The summed E-state index contributed by atoms with van der Waals surface area (Å²) in [4.78, 5) is 4.42. The van der Waals surface area contributed by atoms with Crippen molar-refractivity contribution in [2.75, 3.05) is 0 Å². The molecule has 76 valence electrons. The van der Waals surface area contributed by atoms with E-state index in [9.17, 15) is 0 Å². The Bertz CT molecular complexity index is 522. The third-order valence-corrected chi connectivity index (χ3v) is 2.75. The number of nitrogens with one attached hydrogen (secondary N) is 1. The van der Waals surface area contributed by atoms with Gasteiger partial charge in [0.05, 0.1) is 5.52 Å². The second-order valence-corrected chi connectivity index (χ2v) is 4.32. The van der Waals surface area contributed by atoms with Gasteiger partial charge in [0.2, 0.25) is 0 Å². The van der Waals surface area contributed by atoms with E-state index in [0.29, 0.717) is 0 Å². The molecule has 0 radical (unpaired) electrons. The Morgan fingerprint density at radius 1 is 1.40 bits per heavy atom. The fraction of sp³-hybridized carbons (Fsp3) is 0.0909. The molecule has 15 heavy (non-hydrogen) atoms. The lowest BCUT2D eigenvalue weighted by atomic mass is 10.1. The summed E-state index contributed by atoms with van der Waals surface area (Å²) in [5, 5.41) is 9.20. The van der Waals surface area contributed by atoms with Crippen molar-refractivity contribution in [3.8, 4) is 0 Å². The first-order chi connectivity index (χ1) is 7.16. The molecule has 0 aliphatic rings. The van der Waals surface area contributed by atoms with Gasteiger partial charge in [-0.2, -0.15) is 0 Å². The number of pyridine rings is 1. The Morgan fingerprint density at radius 3 is 2.87 bits per heavy atom. The van der Waals surface area contributed by atoms with E-state index < -0.39 is 0 Å². The van der Waals surface area contributed by atoms with Crippen LogP contribution in [0.25, 0.3) is 10.9 Å². The SMILES string of the molecule is Cc1cc(SC(=N)N)nc2ccccc12. The van der Waals surface area contributed by atoms with Crippen molar-refractivity contribution < 1.29 is 0 Å². The highest BCUT2D eigenvalue weighted by Gasteiger charge is 2.03. The summed E-state index contributed by atoms with van der Waals surface area (Å²) >= 11 is 1.18. The summed E-state index contributed by atoms with van der Waals surface area (Å²) in [6.07, 6.45) is 0. The van der Waals surface area contributed by atoms with Gasteiger partial charge in [-0.05, 0) is 36.4 Å². The van der Waals surface area contributed by atoms with Gasteiger partial charge in [-0.1, -0.05) is 18.2 Å². The van der Waals surface area contributed by atoms with Gasteiger partial charge in [0.25, 0.3) is 0 Å². The van der Waals surface area contributed by atoms with E-state index in [1.807, 2.05) is 37.3 Å².